The molecule has 0 bridgehead atoms. The molecule has 0 radical (unpaired) electrons. The molecular formula is C27H23NO4S. The number of fused-ring (bicyclic) bond motifs is 4. The predicted octanol–water partition coefficient (Wildman–Crippen LogP) is 6.52. The summed E-state index contributed by atoms with van der Waals surface area (Å²) in [5, 5.41) is 12.2. The van der Waals surface area contributed by atoms with Gasteiger partial charge < -0.3 is 9.84 Å². The van der Waals surface area contributed by atoms with E-state index in [4.69, 9.17) is 4.74 Å². The van der Waals surface area contributed by atoms with Gasteiger partial charge in [-0.2, -0.15) is 0 Å². The van der Waals surface area contributed by atoms with Crippen molar-refractivity contribution in [2.75, 3.05) is 11.5 Å². The first-order chi connectivity index (χ1) is 16.0. The van der Waals surface area contributed by atoms with Gasteiger partial charge in [0.2, 0.25) is 0 Å². The minimum absolute atomic E-state index is 0.0581. The van der Waals surface area contributed by atoms with Crippen LogP contribution in [0.1, 0.15) is 30.4 Å². The Morgan fingerprint density at radius 2 is 1.58 bits per heavy atom. The molecule has 1 atom stereocenters. The highest BCUT2D eigenvalue weighted by Crippen LogP contribution is 2.44. The normalized spacial score (nSPS) is 13.4. The highest BCUT2D eigenvalue weighted by Gasteiger charge is 2.32. The second-order valence-corrected chi connectivity index (χ2v) is 9.15. The maximum Gasteiger partial charge on any atom is 0.414 e. The van der Waals surface area contributed by atoms with Crippen LogP contribution in [0.5, 0.6) is 0 Å². The second kappa shape index (κ2) is 8.71. The van der Waals surface area contributed by atoms with Crippen molar-refractivity contribution in [1.82, 2.24) is 0 Å². The number of rotatable bonds is 6. The molecule has 1 N–H and O–H groups in total. The molecule has 0 fully saturated rings. The third-order valence-electron chi connectivity index (χ3n) is 6.16. The third-order valence-corrected chi connectivity index (χ3v) is 7.11. The lowest BCUT2D eigenvalue weighted by atomic mass is 9.98. The largest absolute Gasteiger partial charge is 0.481 e. The molecule has 4 aromatic rings. The molecule has 0 unspecified atom stereocenters. The fraction of sp³-hybridized carbons (Fsp3) is 0.185. The summed E-state index contributed by atoms with van der Waals surface area (Å²) in [4.78, 5) is 26.3. The van der Waals surface area contributed by atoms with E-state index in [-0.39, 0.29) is 18.9 Å². The number of carbonyl (C=O) groups is 2. The lowest BCUT2D eigenvalue weighted by Crippen LogP contribution is -2.40. The SMILES string of the molecule is C[C@H](CC(=O)O)N(C(=O)OCC1c2ccccc2-c2ccccc21)c1csc2ccccc12. The van der Waals surface area contributed by atoms with Crippen LogP contribution in [0.15, 0.2) is 78.2 Å². The van der Waals surface area contributed by atoms with Crippen LogP contribution in [0.3, 0.4) is 0 Å². The molecule has 0 spiro atoms. The van der Waals surface area contributed by atoms with Crippen LogP contribution >= 0.6 is 11.3 Å². The van der Waals surface area contributed by atoms with Crippen molar-refractivity contribution in [3.8, 4) is 11.1 Å². The number of benzene rings is 3. The van der Waals surface area contributed by atoms with Gasteiger partial charge in [0.1, 0.15) is 6.61 Å². The number of hydrogen-bond donors (Lipinski definition) is 1. The molecule has 5 nitrogen and oxygen atoms in total. The standard InChI is InChI=1S/C27H23NO4S/c1-17(14-26(29)30)28(24-16-33-25-13-7-6-12-22(24)25)27(31)32-15-23-20-10-4-2-8-18(20)19-9-3-5-11-21(19)23/h2-13,16-17,23H,14-15H2,1H3,(H,29,30)/t17-/m1/s1. The van der Waals surface area contributed by atoms with E-state index in [0.29, 0.717) is 5.69 Å². The number of anilines is 1. The molecule has 1 aromatic heterocycles. The average molecular weight is 458 g/mol. The molecule has 1 aliphatic carbocycles. The Balaban J connectivity index is 1.44. The molecule has 33 heavy (non-hydrogen) atoms. The number of carbonyl (C=O) groups excluding carboxylic acids is 1. The molecule has 1 amide bonds. The zero-order chi connectivity index (χ0) is 22.9. The molecule has 166 valence electrons. The van der Waals surface area contributed by atoms with Gasteiger partial charge in [-0.25, -0.2) is 4.79 Å². The van der Waals surface area contributed by atoms with Gasteiger partial charge in [-0.3, -0.25) is 9.69 Å². The number of hydrogen-bond acceptors (Lipinski definition) is 4. The quantitative estimate of drug-likeness (QED) is 0.358. The van der Waals surface area contributed by atoms with Gasteiger partial charge in [0, 0.05) is 27.4 Å². The Morgan fingerprint density at radius 1 is 0.970 bits per heavy atom. The summed E-state index contributed by atoms with van der Waals surface area (Å²) in [6.07, 6.45) is -0.705. The number of amides is 1. The van der Waals surface area contributed by atoms with Crippen LogP contribution in [0.4, 0.5) is 10.5 Å². The van der Waals surface area contributed by atoms with Crippen LogP contribution < -0.4 is 4.90 Å². The van der Waals surface area contributed by atoms with Gasteiger partial charge in [0.25, 0.3) is 0 Å². The van der Waals surface area contributed by atoms with Crippen LogP contribution in [0, 0.1) is 0 Å². The summed E-state index contributed by atoms with van der Waals surface area (Å²) < 4.78 is 6.91. The van der Waals surface area contributed by atoms with Crippen molar-refractivity contribution < 1.29 is 19.4 Å². The van der Waals surface area contributed by atoms with E-state index in [1.165, 1.54) is 16.2 Å². The average Bonchev–Trinajstić information content (AvgIpc) is 3.37. The summed E-state index contributed by atoms with van der Waals surface area (Å²) >= 11 is 1.52. The number of carboxylic acid groups (broad SMARTS) is 1. The van der Waals surface area contributed by atoms with Gasteiger partial charge in [-0.1, -0.05) is 66.7 Å². The number of nitrogens with zero attached hydrogens (tertiary/aromatic N) is 1. The first-order valence-electron chi connectivity index (χ1n) is 10.9. The summed E-state index contributed by atoms with van der Waals surface area (Å²) in [6, 6.07) is 23.6. The Kier molecular flexibility index (Phi) is 5.60. The molecule has 0 saturated heterocycles. The molecule has 3 aromatic carbocycles. The highest BCUT2D eigenvalue weighted by atomic mass is 32.1. The molecular weight excluding hydrogens is 434 g/mol. The first-order valence-corrected chi connectivity index (χ1v) is 11.7. The van der Waals surface area contributed by atoms with Crippen molar-refractivity contribution in [2.24, 2.45) is 0 Å². The molecule has 0 saturated carbocycles. The van der Waals surface area contributed by atoms with Crippen LogP contribution in [0.25, 0.3) is 21.2 Å². The molecule has 6 heteroatoms. The number of thiophene rings is 1. The molecule has 5 rings (SSSR count). The van der Waals surface area contributed by atoms with Crippen LogP contribution in [0.2, 0.25) is 0 Å². The van der Waals surface area contributed by atoms with E-state index >= 15 is 0 Å². The number of carboxylic acids is 1. The second-order valence-electron chi connectivity index (χ2n) is 8.24. The van der Waals surface area contributed by atoms with E-state index in [2.05, 4.69) is 24.3 Å². The fourth-order valence-corrected chi connectivity index (χ4v) is 5.61. The number of aliphatic carboxylic acids is 1. The van der Waals surface area contributed by atoms with E-state index in [9.17, 15) is 14.7 Å². The maximum atomic E-state index is 13.4. The van der Waals surface area contributed by atoms with Crippen LogP contribution in [-0.4, -0.2) is 29.8 Å². The van der Waals surface area contributed by atoms with Gasteiger partial charge in [0.15, 0.2) is 0 Å². The van der Waals surface area contributed by atoms with E-state index < -0.39 is 18.1 Å². The summed E-state index contributed by atoms with van der Waals surface area (Å²) in [6.45, 7) is 1.92. The predicted molar refractivity (Wildman–Crippen MR) is 131 cm³/mol. The zero-order valence-electron chi connectivity index (χ0n) is 18.1. The summed E-state index contributed by atoms with van der Waals surface area (Å²) in [5.74, 6) is -1.02. The monoisotopic (exact) mass is 457 g/mol. The van der Waals surface area contributed by atoms with Crippen molar-refractivity contribution >= 4 is 39.2 Å². The minimum Gasteiger partial charge on any atom is -0.481 e. The number of ether oxygens (including phenoxy) is 1. The zero-order valence-corrected chi connectivity index (χ0v) is 18.9. The maximum absolute atomic E-state index is 13.4. The Morgan fingerprint density at radius 3 is 2.24 bits per heavy atom. The lowest BCUT2D eigenvalue weighted by Gasteiger charge is -2.28. The Hall–Kier alpha value is -3.64. The molecule has 1 heterocycles. The molecule has 1 aliphatic rings. The summed E-state index contributed by atoms with van der Waals surface area (Å²) in [5.41, 5.74) is 5.28. The first kappa shape index (κ1) is 21.2. The van der Waals surface area contributed by atoms with Gasteiger partial charge in [0.05, 0.1) is 12.1 Å². The third kappa shape index (κ3) is 3.87. The van der Waals surface area contributed by atoms with Gasteiger partial charge in [-0.05, 0) is 35.2 Å². The topological polar surface area (TPSA) is 66.8 Å². The van der Waals surface area contributed by atoms with E-state index in [1.807, 2.05) is 53.9 Å². The van der Waals surface area contributed by atoms with Crippen molar-refractivity contribution in [3.05, 3.63) is 89.3 Å². The van der Waals surface area contributed by atoms with Crippen LogP contribution in [-0.2, 0) is 9.53 Å². The fourth-order valence-electron chi connectivity index (χ4n) is 4.67. The Bertz CT molecular complexity index is 1300. The minimum atomic E-state index is -0.960. The van der Waals surface area contributed by atoms with Crippen molar-refractivity contribution in [2.45, 2.75) is 25.3 Å². The molecule has 0 aliphatic heterocycles. The van der Waals surface area contributed by atoms with E-state index in [1.54, 1.807) is 6.92 Å². The van der Waals surface area contributed by atoms with Crippen molar-refractivity contribution in [1.29, 1.82) is 0 Å². The van der Waals surface area contributed by atoms with Gasteiger partial charge >= 0.3 is 12.1 Å². The van der Waals surface area contributed by atoms with E-state index in [0.717, 1.165) is 32.3 Å². The highest BCUT2D eigenvalue weighted by molar-refractivity contribution is 7.17. The Labute approximate surface area is 195 Å². The summed E-state index contributed by atoms with van der Waals surface area (Å²) in [7, 11) is 0. The smallest absolute Gasteiger partial charge is 0.414 e. The van der Waals surface area contributed by atoms with Crippen molar-refractivity contribution in [3.63, 3.8) is 0 Å². The lowest BCUT2D eigenvalue weighted by molar-refractivity contribution is -0.137. The van der Waals surface area contributed by atoms with Gasteiger partial charge in [-0.15, -0.1) is 11.3 Å².